The molecule has 4 rings (SSSR count). The Balaban J connectivity index is 1.31. The van der Waals surface area contributed by atoms with E-state index in [1.165, 1.54) is 42.6 Å². The van der Waals surface area contributed by atoms with Gasteiger partial charge in [0, 0.05) is 15.7 Å². The molecule has 0 aliphatic heterocycles. The predicted octanol–water partition coefficient (Wildman–Crippen LogP) is 5.23. The average molecular weight is 578 g/mol. The topological polar surface area (TPSA) is 114 Å². The van der Waals surface area contributed by atoms with E-state index in [2.05, 4.69) is 31.2 Å². The number of halogens is 1. The van der Waals surface area contributed by atoms with Crippen molar-refractivity contribution in [2.45, 2.75) is 4.90 Å². The van der Waals surface area contributed by atoms with Gasteiger partial charge >= 0.3 is 5.97 Å². The molecule has 37 heavy (non-hydrogen) atoms. The molecule has 0 unspecified atom stereocenters. The van der Waals surface area contributed by atoms with Crippen LogP contribution in [-0.2, 0) is 10.0 Å². The zero-order valence-corrected chi connectivity index (χ0v) is 21.6. The van der Waals surface area contributed by atoms with Crippen LogP contribution in [0.5, 0.6) is 5.75 Å². The predicted molar refractivity (Wildman–Crippen MR) is 144 cm³/mol. The molecule has 10 heteroatoms. The molecule has 0 atom stereocenters. The Labute approximate surface area is 222 Å². The number of ether oxygens (including phenoxy) is 1. The summed E-state index contributed by atoms with van der Waals surface area (Å²) in [7, 11) is -3.72. The monoisotopic (exact) mass is 577 g/mol. The van der Waals surface area contributed by atoms with E-state index in [1.807, 2.05) is 0 Å². The Kier molecular flexibility index (Phi) is 8.11. The number of carbonyl (C=O) groups excluding carboxylic acids is 2. The molecule has 4 aromatic carbocycles. The lowest BCUT2D eigenvalue weighted by atomic mass is 10.2. The van der Waals surface area contributed by atoms with E-state index in [-0.39, 0.29) is 4.90 Å². The van der Waals surface area contributed by atoms with Gasteiger partial charge in [-0.25, -0.2) is 18.6 Å². The Morgan fingerprint density at radius 1 is 0.811 bits per heavy atom. The quantitative estimate of drug-likeness (QED) is 0.129. The van der Waals surface area contributed by atoms with Gasteiger partial charge in [0.25, 0.3) is 15.9 Å². The summed E-state index contributed by atoms with van der Waals surface area (Å²) in [4.78, 5) is 24.8. The third kappa shape index (κ3) is 6.90. The van der Waals surface area contributed by atoms with Gasteiger partial charge in [0.2, 0.25) is 0 Å². The largest absolute Gasteiger partial charge is 0.423 e. The number of sulfonamides is 1. The third-order valence-corrected chi connectivity index (χ3v) is 7.11. The lowest BCUT2D eigenvalue weighted by molar-refractivity contribution is 0.0733. The third-order valence-electron chi connectivity index (χ3n) is 5.02. The molecular weight excluding hydrogens is 558 g/mol. The van der Waals surface area contributed by atoms with Crippen LogP contribution in [0.15, 0.2) is 118 Å². The van der Waals surface area contributed by atoms with Crippen LogP contribution in [0.3, 0.4) is 0 Å². The van der Waals surface area contributed by atoms with Gasteiger partial charge in [0.05, 0.1) is 16.7 Å². The normalized spacial score (nSPS) is 11.2. The molecule has 4 aromatic rings. The molecule has 0 bridgehead atoms. The van der Waals surface area contributed by atoms with Crippen molar-refractivity contribution in [3.05, 3.63) is 124 Å². The second-order valence-corrected chi connectivity index (χ2v) is 10.2. The van der Waals surface area contributed by atoms with Crippen LogP contribution in [0.2, 0.25) is 0 Å². The maximum atomic E-state index is 12.4. The number of benzene rings is 4. The van der Waals surface area contributed by atoms with E-state index < -0.39 is 21.9 Å². The maximum absolute atomic E-state index is 12.4. The highest BCUT2D eigenvalue weighted by Crippen LogP contribution is 2.20. The van der Waals surface area contributed by atoms with Gasteiger partial charge in [0.1, 0.15) is 5.75 Å². The van der Waals surface area contributed by atoms with Crippen molar-refractivity contribution in [2.75, 3.05) is 4.72 Å². The Hall–Kier alpha value is -4.28. The number of amides is 1. The summed E-state index contributed by atoms with van der Waals surface area (Å²) in [6.07, 6.45) is 1.44. The Morgan fingerprint density at radius 3 is 2.14 bits per heavy atom. The fourth-order valence-electron chi connectivity index (χ4n) is 3.14. The lowest BCUT2D eigenvalue weighted by Gasteiger charge is -2.08. The van der Waals surface area contributed by atoms with E-state index in [0.717, 1.165) is 0 Å². The second kappa shape index (κ2) is 11.6. The Morgan fingerprint density at radius 2 is 1.46 bits per heavy atom. The van der Waals surface area contributed by atoms with Crippen molar-refractivity contribution in [3.63, 3.8) is 0 Å². The maximum Gasteiger partial charge on any atom is 0.344 e. The van der Waals surface area contributed by atoms with Gasteiger partial charge < -0.3 is 4.74 Å². The molecule has 2 N–H and O–H groups in total. The van der Waals surface area contributed by atoms with Crippen LogP contribution < -0.4 is 14.9 Å². The van der Waals surface area contributed by atoms with Crippen molar-refractivity contribution < 1.29 is 22.7 Å². The number of anilines is 1. The number of hydrogen-bond acceptors (Lipinski definition) is 6. The van der Waals surface area contributed by atoms with E-state index in [0.29, 0.717) is 32.6 Å². The second-order valence-electron chi connectivity index (χ2n) is 7.63. The van der Waals surface area contributed by atoms with Gasteiger partial charge in [0.15, 0.2) is 0 Å². The van der Waals surface area contributed by atoms with Gasteiger partial charge in [-0.15, -0.1) is 0 Å². The van der Waals surface area contributed by atoms with Crippen LogP contribution in [0.25, 0.3) is 0 Å². The summed E-state index contributed by atoms with van der Waals surface area (Å²) in [5, 5.41) is 3.94. The molecule has 0 fully saturated rings. The fourth-order valence-corrected chi connectivity index (χ4v) is 4.67. The summed E-state index contributed by atoms with van der Waals surface area (Å²) in [5.74, 6) is -0.585. The first-order valence-electron chi connectivity index (χ1n) is 10.9. The summed E-state index contributed by atoms with van der Waals surface area (Å²) < 4.78 is 33.3. The molecule has 0 saturated heterocycles. The smallest absolute Gasteiger partial charge is 0.344 e. The number of hydrazone groups is 1. The molecule has 1 amide bonds. The molecule has 0 heterocycles. The fraction of sp³-hybridized carbons (Fsp3) is 0. The van der Waals surface area contributed by atoms with Crippen molar-refractivity contribution >= 4 is 49.7 Å². The number of nitrogens with zero attached hydrogens (tertiary/aromatic N) is 1. The van der Waals surface area contributed by atoms with Crippen LogP contribution in [-0.4, -0.2) is 26.5 Å². The van der Waals surface area contributed by atoms with E-state index in [4.69, 9.17) is 4.74 Å². The Bertz CT molecular complexity index is 1540. The minimum absolute atomic E-state index is 0.140. The minimum atomic E-state index is -3.72. The highest BCUT2D eigenvalue weighted by Gasteiger charge is 2.14. The summed E-state index contributed by atoms with van der Waals surface area (Å²) in [5.41, 5.74) is 4.13. The van der Waals surface area contributed by atoms with Crippen LogP contribution >= 0.6 is 15.9 Å². The standard InChI is InChI=1S/C27H20BrN3O5S/c28-25-9-5-4-8-24(25)27(33)36-22-16-10-19(11-17-22)18-29-30-26(32)20-12-14-21(15-13-20)31-37(34,35)23-6-2-1-3-7-23/h1-18,31H,(H,30,32)/b29-18+. The summed E-state index contributed by atoms with van der Waals surface area (Å²) in [6.45, 7) is 0. The molecule has 0 saturated carbocycles. The first-order valence-corrected chi connectivity index (χ1v) is 13.2. The molecule has 8 nitrogen and oxygen atoms in total. The molecule has 0 aliphatic rings. The van der Waals surface area contributed by atoms with Crippen LogP contribution in [0.4, 0.5) is 5.69 Å². The molecule has 186 valence electrons. The van der Waals surface area contributed by atoms with Crippen LogP contribution in [0, 0.1) is 0 Å². The highest BCUT2D eigenvalue weighted by atomic mass is 79.9. The highest BCUT2D eigenvalue weighted by molar-refractivity contribution is 9.10. The van der Waals surface area contributed by atoms with Gasteiger partial charge in [-0.2, -0.15) is 5.10 Å². The zero-order valence-electron chi connectivity index (χ0n) is 19.2. The lowest BCUT2D eigenvalue weighted by Crippen LogP contribution is -2.18. The first-order chi connectivity index (χ1) is 17.8. The van der Waals surface area contributed by atoms with Crippen molar-refractivity contribution in [1.82, 2.24) is 5.43 Å². The van der Waals surface area contributed by atoms with Crippen molar-refractivity contribution in [3.8, 4) is 5.75 Å². The van der Waals surface area contributed by atoms with E-state index in [1.54, 1.807) is 66.7 Å². The minimum Gasteiger partial charge on any atom is -0.423 e. The SMILES string of the molecule is O=C(N/N=C/c1ccc(OC(=O)c2ccccc2Br)cc1)c1ccc(NS(=O)(=O)c2ccccc2)cc1. The summed E-state index contributed by atoms with van der Waals surface area (Å²) >= 11 is 3.32. The summed E-state index contributed by atoms with van der Waals surface area (Å²) in [6, 6.07) is 27.5. The number of esters is 1. The molecular formula is C27H20BrN3O5S. The number of nitrogens with one attached hydrogen (secondary N) is 2. The van der Waals surface area contributed by atoms with Gasteiger partial charge in [-0.3, -0.25) is 9.52 Å². The number of hydrogen-bond donors (Lipinski definition) is 2. The van der Waals surface area contributed by atoms with Crippen LogP contribution in [0.1, 0.15) is 26.3 Å². The van der Waals surface area contributed by atoms with Crippen molar-refractivity contribution in [1.29, 1.82) is 0 Å². The molecule has 0 aromatic heterocycles. The first kappa shape index (κ1) is 25.8. The number of carbonyl (C=O) groups is 2. The molecule has 0 radical (unpaired) electrons. The van der Waals surface area contributed by atoms with Gasteiger partial charge in [-0.1, -0.05) is 30.3 Å². The zero-order chi connectivity index (χ0) is 26.3. The molecule has 0 spiro atoms. The van der Waals surface area contributed by atoms with Crippen molar-refractivity contribution in [2.24, 2.45) is 5.10 Å². The number of rotatable bonds is 8. The van der Waals surface area contributed by atoms with Gasteiger partial charge in [-0.05, 0) is 94.3 Å². The van der Waals surface area contributed by atoms with E-state index >= 15 is 0 Å². The average Bonchev–Trinajstić information content (AvgIpc) is 2.90. The van der Waals surface area contributed by atoms with E-state index in [9.17, 15) is 18.0 Å². The molecule has 0 aliphatic carbocycles.